The maximum absolute atomic E-state index is 13.3. The Morgan fingerprint density at radius 1 is 1.43 bits per heavy atom. The summed E-state index contributed by atoms with van der Waals surface area (Å²) in [6.07, 6.45) is 0. The van der Waals surface area contributed by atoms with Gasteiger partial charge in [0.2, 0.25) is 0 Å². The highest BCUT2D eigenvalue weighted by molar-refractivity contribution is 7.10. The van der Waals surface area contributed by atoms with E-state index < -0.39 is 22.3 Å². The summed E-state index contributed by atoms with van der Waals surface area (Å²) in [5.41, 5.74) is -0.641. The van der Waals surface area contributed by atoms with E-state index in [2.05, 4.69) is 0 Å². The molecule has 1 aromatic heterocycles. The minimum absolute atomic E-state index is 0.245. The van der Waals surface area contributed by atoms with Gasteiger partial charge in [-0.2, -0.15) is 0 Å². The van der Waals surface area contributed by atoms with Crippen LogP contribution in [0.25, 0.3) is 0 Å². The number of carbonyl (C=O) groups is 1. The molecule has 0 aliphatic rings. The number of rotatable bonds is 4. The third-order valence-electron chi connectivity index (χ3n) is 3.24. The van der Waals surface area contributed by atoms with Gasteiger partial charge in [0.1, 0.15) is 11.4 Å². The molecule has 0 saturated heterocycles. The third kappa shape index (κ3) is 3.08. The number of hydrogen-bond acceptors (Lipinski definition) is 4. The summed E-state index contributed by atoms with van der Waals surface area (Å²) in [5.74, 6) is -1.26. The van der Waals surface area contributed by atoms with Gasteiger partial charge in [0.15, 0.2) is 0 Å². The first kappa shape index (κ1) is 15.1. The largest absolute Gasteiger partial charge is 0.334 e. The molecule has 1 unspecified atom stereocenters. The van der Waals surface area contributed by atoms with Crippen molar-refractivity contribution in [3.8, 4) is 0 Å². The topological polar surface area (TPSA) is 63.5 Å². The van der Waals surface area contributed by atoms with Crippen LogP contribution in [0.2, 0.25) is 0 Å². The maximum Gasteiger partial charge on any atom is 0.282 e. The Labute approximate surface area is 124 Å². The summed E-state index contributed by atoms with van der Waals surface area (Å²) in [4.78, 5) is 25.0. The highest BCUT2D eigenvalue weighted by Crippen LogP contribution is 2.27. The maximum atomic E-state index is 13.3. The molecule has 1 atom stereocenters. The van der Waals surface area contributed by atoms with Crippen molar-refractivity contribution in [2.75, 3.05) is 7.05 Å². The molecule has 1 amide bonds. The molecule has 21 heavy (non-hydrogen) atoms. The Kier molecular flexibility index (Phi) is 4.32. The fraction of sp³-hybridized carbons (Fsp3) is 0.214. The molecule has 2 aromatic rings. The zero-order chi connectivity index (χ0) is 15.6. The summed E-state index contributed by atoms with van der Waals surface area (Å²) >= 11 is 1.48. The summed E-state index contributed by atoms with van der Waals surface area (Å²) in [6, 6.07) is 6.36. The lowest BCUT2D eigenvalue weighted by Gasteiger charge is -2.24. The second-order valence-corrected chi connectivity index (χ2v) is 5.51. The van der Waals surface area contributed by atoms with Crippen molar-refractivity contribution < 1.29 is 14.1 Å². The van der Waals surface area contributed by atoms with Crippen LogP contribution >= 0.6 is 11.3 Å². The molecule has 0 radical (unpaired) electrons. The number of hydrogen-bond donors (Lipinski definition) is 0. The Morgan fingerprint density at radius 2 is 2.14 bits per heavy atom. The van der Waals surface area contributed by atoms with Crippen molar-refractivity contribution in [2.24, 2.45) is 0 Å². The summed E-state index contributed by atoms with van der Waals surface area (Å²) in [5, 5.41) is 12.9. The molecular weight excluding hydrogens is 295 g/mol. The lowest BCUT2D eigenvalue weighted by Crippen LogP contribution is -2.29. The first-order chi connectivity index (χ1) is 9.91. The van der Waals surface area contributed by atoms with E-state index in [9.17, 15) is 19.3 Å². The molecular formula is C14H13FN2O3S. The third-order valence-corrected chi connectivity index (χ3v) is 4.28. The van der Waals surface area contributed by atoms with E-state index in [4.69, 9.17) is 0 Å². The number of nitrogens with zero attached hydrogens (tertiary/aromatic N) is 2. The molecule has 1 heterocycles. The smallest absolute Gasteiger partial charge is 0.282 e. The lowest BCUT2D eigenvalue weighted by molar-refractivity contribution is -0.385. The predicted molar refractivity (Wildman–Crippen MR) is 77.9 cm³/mol. The molecule has 7 heteroatoms. The van der Waals surface area contributed by atoms with Crippen molar-refractivity contribution in [3.05, 3.63) is 62.1 Å². The van der Waals surface area contributed by atoms with Gasteiger partial charge in [0, 0.05) is 18.0 Å². The summed E-state index contributed by atoms with van der Waals surface area (Å²) in [7, 11) is 1.54. The molecule has 0 aliphatic carbocycles. The Hall–Kier alpha value is -2.28. The van der Waals surface area contributed by atoms with Crippen molar-refractivity contribution in [3.63, 3.8) is 0 Å². The van der Waals surface area contributed by atoms with Crippen LogP contribution in [0, 0.1) is 15.9 Å². The second kappa shape index (κ2) is 6.01. The zero-order valence-electron chi connectivity index (χ0n) is 11.4. The SMILES string of the molecule is CC(c1cccs1)N(C)C(=O)c1cc(F)ccc1[N+](=O)[O-]. The standard InChI is InChI=1S/C14H13FN2O3S/c1-9(13-4-3-7-21-13)16(2)14(18)11-8-10(15)5-6-12(11)17(19)20/h3-9H,1-2H3. The molecule has 1 aromatic carbocycles. The number of thiophene rings is 1. The van der Waals surface area contributed by atoms with Gasteiger partial charge in [-0.15, -0.1) is 11.3 Å². The quantitative estimate of drug-likeness (QED) is 0.640. The van der Waals surface area contributed by atoms with Crippen LogP contribution in [0.1, 0.15) is 28.2 Å². The van der Waals surface area contributed by atoms with Gasteiger partial charge in [0.05, 0.1) is 11.0 Å². The van der Waals surface area contributed by atoms with Gasteiger partial charge in [0.25, 0.3) is 11.6 Å². The van der Waals surface area contributed by atoms with Crippen molar-refractivity contribution in [1.29, 1.82) is 0 Å². The minimum atomic E-state index is -0.684. The van der Waals surface area contributed by atoms with Crippen LogP contribution in [0.15, 0.2) is 35.7 Å². The summed E-state index contributed by atoms with van der Waals surface area (Å²) in [6.45, 7) is 1.81. The van der Waals surface area contributed by atoms with E-state index in [0.29, 0.717) is 0 Å². The first-order valence-electron chi connectivity index (χ1n) is 6.16. The molecule has 5 nitrogen and oxygen atoms in total. The second-order valence-electron chi connectivity index (χ2n) is 4.53. The normalized spacial score (nSPS) is 12.0. The lowest BCUT2D eigenvalue weighted by atomic mass is 10.1. The van der Waals surface area contributed by atoms with Gasteiger partial charge in [-0.25, -0.2) is 4.39 Å². The van der Waals surface area contributed by atoms with Crippen LogP contribution in [0.5, 0.6) is 0 Å². The molecule has 0 saturated carbocycles. The Morgan fingerprint density at radius 3 is 2.71 bits per heavy atom. The number of nitro benzene ring substituents is 1. The zero-order valence-corrected chi connectivity index (χ0v) is 12.3. The number of amides is 1. The van der Waals surface area contributed by atoms with Crippen LogP contribution in [0.4, 0.5) is 10.1 Å². The molecule has 0 aliphatic heterocycles. The van der Waals surface area contributed by atoms with Crippen LogP contribution in [-0.2, 0) is 0 Å². The predicted octanol–water partition coefficient (Wildman–Crippen LogP) is 3.63. The van der Waals surface area contributed by atoms with Gasteiger partial charge in [-0.05, 0) is 30.5 Å². The van der Waals surface area contributed by atoms with Gasteiger partial charge in [-0.1, -0.05) is 6.07 Å². The van der Waals surface area contributed by atoms with Crippen LogP contribution in [0.3, 0.4) is 0 Å². The van der Waals surface area contributed by atoms with E-state index in [1.807, 2.05) is 24.4 Å². The average Bonchev–Trinajstić information content (AvgIpc) is 2.98. The monoisotopic (exact) mass is 308 g/mol. The highest BCUT2D eigenvalue weighted by atomic mass is 32.1. The van der Waals surface area contributed by atoms with Crippen LogP contribution < -0.4 is 0 Å². The van der Waals surface area contributed by atoms with Gasteiger partial charge in [-0.3, -0.25) is 14.9 Å². The number of halogens is 1. The minimum Gasteiger partial charge on any atom is -0.334 e. The van der Waals surface area contributed by atoms with Crippen molar-refractivity contribution >= 4 is 22.9 Å². The Bertz CT molecular complexity index is 673. The number of nitro groups is 1. The number of carbonyl (C=O) groups excluding carboxylic acids is 1. The van der Waals surface area contributed by atoms with E-state index in [0.717, 1.165) is 23.1 Å². The molecule has 0 N–H and O–H groups in total. The molecule has 0 spiro atoms. The van der Waals surface area contributed by atoms with Gasteiger partial charge < -0.3 is 4.90 Å². The molecule has 0 bridgehead atoms. The Balaban J connectivity index is 2.35. The summed E-state index contributed by atoms with van der Waals surface area (Å²) < 4.78 is 13.3. The first-order valence-corrected chi connectivity index (χ1v) is 7.04. The van der Waals surface area contributed by atoms with E-state index >= 15 is 0 Å². The fourth-order valence-corrected chi connectivity index (χ4v) is 2.75. The molecule has 0 fully saturated rings. The van der Waals surface area contributed by atoms with Crippen molar-refractivity contribution in [1.82, 2.24) is 4.90 Å². The highest BCUT2D eigenvalue weighted by Gasteiger charge is 2.26. The van der Waals surface area contributed by atoms with Gasteiger partial charge >= 0.3 is 0 Å². The molecule has 110 valence electrons. The van der Waals surface area contributed by atoms with Crippen molar-refractivity contribution in [2.45, 2.75) is 13.0 Å². The fourth-order valence-electron chi connectivity index (χ4n) is 1.92. The number of benzene rings is 1. The molecule has 2 rings (SSSR count). The van der Waals surface area contributed by atoms with E-state index in [1.165, 1.54) is 16.2 Å². The van der Waals surface area contributed by atoms with E-state index in [-0.39, 0.29) is 11.6 Å². The van der Waals surface area contributed by atoms with E-state index in [1.54, 1.807) is 7.05 Å². The van der Waals surface area contributed by atoms with Crippen LogP contribution in [-0.4, -0.2) is 22.8 Å². The average molecular weight is 308 g/mol.